The van der Waals surface area contributed by atoms with Crippen LogP contribution in [0.4, 0.5) is 0 Å². The van der Waals surface area contributed by atoms with Crippen LogP contribution in [0.3, 0.4) is 0 Å². The Morgan fingerprint density at radius 3 is 1.07 bits per heavy atom. The molecule has 0 aromatic rings. The zero-order valence-electron chi connectivity index (χ0n) is 18.9. The quantitative estimate of drug-likeness (QED) is 0.143. The van der Waals surface area contributed by atoms with Crippen LogP contribution in [0.5, 0.6) is 0 Å². The van der Waals surface area contributed by atoms with Crippen LogP contribution in [0.15, 0.2) is 0 Å². The van der Waals surface area contributed by atoms with Crippen molar-refractivity contribution in [1.29, 1.82) is 0 Å². The zero-order chi connectivity index (χ0) is 20.1. The first kappa shape index (κ1) is 27.1. The molecule has 0 rings (SSSR count). The van der Waals surface area contributed by atoms with Gasteiger partial charge in [0.1, 0.15) is 0 Å². The molecule has 0 aliphatic carbocycles. The molecule has 0 radical (unpaired) electrons. The highest BCUT2D eigenvalue weighted by Gasteiger charge is 2.44. The third-order valence-electron chi connectivity index (χ3n) is 4.70. The molecular weight excluding hydrogens is 356 g/mol. The summed E-state index contributed by atoms with van der Waals surface area (Å²) in [4.78, 5) is 0. The van der Waals surface area contributed by atoms with E-state index in [4.69, 9.17) is 17.7 Å². The maximum absolute atomic E-state index is 6.07. The van der Waals surface area contributed by atoms with Crippen LogP contribution in [-0.4, -0.2) is 35.5 Å². The van der Waals surface area contributed by atoms with Gasteiger partial charge < -0.3 is 17.7 Å². The van der Waals surface area contributed by atoms with E-state index in [1.807, 2.05) is 13.8 Å². The van der Waals surface area contributed by atoms with Crippen molar-refractivity contribution in [3.8, 4) is 0 Å². The topological polar surface area (TPSA) is 36.9 Å². The van der Waals surface area contributed by atoms with Crippen LogP contribution in [0.2, 0.25) is 0 Å². The van der Waals surface area contributed by atoms with Gasteiger partial charge in [0.15, 0.2) is 0 Å². The minimum absolute atomic E-state index is 0.570. The highest BCUT2D eigenvalue weighted by molar-refractivity contribution is 6.53. The largest absolute Gasteiger partial charge is 0.679 e. The van der Waals surface area contributed by atoms with Gasteiger partial charge in [0.25, 0.3) is 0 Å². The predicted octanol–water partition coefficient (Wildman–Crippen LogP) is 7.03. The molecule has 164 valence electrons. The summed E-state index contributed by atoms with van der Waals surface area (Å²) in [6, 6.07) is 0. The zero-order valence-corrected chi connectivity index (χ0v) is 19.9. The SMILES string of the molecule is CCCCCCCCCO[Si](OCC)(OCC)OCCCCCCCCC. The summed E-state index contributed by atoms with van der Waals surface area (Å²) in [5.41, 5.74) is 0. The van der Waals surface area contributed by atoms with Gasteiger partial charge in [-0.2, -0.15) is 0 Å². The Labute approximate surface area is 171 Å². The van der Waals surface area contributed by atoms with Gasteiger partial charge in [-0.25, -0.2) is 0 Å². The fourth-order valence-corrected chi connectivity index (χ4v) is 5.11. The van der Waals surface area contributed by atoms with Crippen LogP contribution in [0.25, 0.3) is 0 Å². The van der Waals surface area contributed by atoms with Gasteiger partial charge in [-0.3, -0.25) is 0 Å². The van der Waals surface area contributed by atoms with Gasteiger partial charge in [0, 0.05) is 26.4 Å². The van der Waals surface area contributed by atoms with E-state index in [9.17, 15) is 0 Å². The van der Waals surface area contributed by atoms with Gasteiger partial charge in [0.2, 0.25) is 0 Å². The standard InChI is InChI=1S/C22H48O4Si/c1-5-9-11-13-15-17-19-21-25-27(23-7-3,24-8-4)26-22-20-18-16-14-12-10-6-2/h5-22H2,1-4H3. The molecule has 4 nitrogen and oxygen atoms in total. The minimum Gasteiger partial charge on any atom is -0.351 e. The molecule has 0 heterocycles. The molecule has 0 fully saturated rings. The molecule has 0 amide bonds. The summed E-state index contributed by atoms with van der Waals surface area (Å²) < 4.78 is 23.9. The molecule has 0 saturated carbocycles. The van der Waals surface area contributed by atoms with Crippen molar-refractivity contribution in [2.75, 3.05) is 26.4 Å². The molecule has 5 heteroatoms. The molecule has 0 spiro atoms. The molecule has 0 aromatic heterocycles. The Morgan fingerprint density at radius 1 is 0.407 bits per heavy atom. The second-order valence-electron chi connectivity index (χ2n) is 7.31. The first-order chi connectivity index (χ1) is 13.2. The van der Waals surface area contributed by atoms with Crippen LogP contribution < -0.4 is 0 Å². The van der Waals surface area contributed by atoms with E-state index in [-0.39, 0.29) is 0 Å². The second-order valence-corrected chi connectivity index (χ2v) is 9.46. The molecule has 0 N–H and O–H groups in total. The average Bonchev–Trinajstić information content (AvgIpc) is 2.66. The summed E-state index contributed by atoms with van der Waals surface area (Å²) >= 11 is 0. The van der Waals surface area contributed by atoms with Gasteiger partial charge >= 0.3 is 9.05 Å². The van der Waals surface area contributed by atoms with Crippen molar-refractivity contribution in [2.45, 2.75) is 118 Å². The van der Waals surface area contributed by atoms with E-state index in [2.05, 4.69) is 13.8 Å². The van der Waals surface area contributed by atoms with Crippen LogP contribution in [0.1, 0.15) is 118 Å². The fourth-order valence-electron chi connectivity index (χ4n) is 3.12. The van der Waals surface area contributed by atoms with Crippen molar-refractivity contribution in [1.82, 2.24) is 0 Å². The minimum atomic E-state index is -2.96. The highest BCUT2D eigenvalue weighted by atomic mass is 28.4. The van der Waals surface area contributed by atoms with E-state index in [1.54, 1.807) is 0 Å². The van der Waals surface area contributed by atoms with Crippen LogP contribution in [-0.2, 0) is 17.7 Å². The smallest absolute Gasteiger partial charge is 0.351 e. The number of hydrogen-bond acceptors (Lipinski definition) is 4. The second kappa shape index (κ2) is 20.8. The lowest BCUT2D eigenvalue weighted by atomic mass is 10.1. The van der Waals surface area contributed by atoms with Gasteiger partial charge in [0.05, 0.1) is 0 Å². The van der Waals surface area contributed by atoms with Gasteiger partial charge in [-0.1, -0.05) is 90.9 Å². The summed E-state index contributed by atoms with van der Waals surface area (Å²) in [6.45, 7) is 11.0. The lowest BCUT2D eigenvalue weighted by Gasteiger charge is -2.27. The molecule has 0 aliphatic rings. The molecule has 0 saturated heterocycles. The summed E-state index contributed by atoms with van der Waals surface area (Å²) in [7, 11) is -2.96. The van der Waals surface area contributed by atoms with Crippen molar-refractivity contribution in [3.63, 3.8) is 0 Å². The number of hydrogen-bond donors (Lipinski definition) is 0. The van der Waals surface area contributed by atoms with Crippen molar-refractivity contribution in [2.24, 2.45) is 0 Å². The van der Waals surface area contributed by atoms with E-state index in [0.29, 0.717) is 26.4 Å². The highest BCUT2D eigenvalue weighted by Crippen LogP contribution is 2.16. The van der Waals surface area contributed by atoms with Gasteiger partial charge in [-0.15, -0.1) is 0 Å². The summed E-state index contributed by atoms with van der Waals surface area (Å²) in [5.74, 6) is 0. The normalized spacial score (nSPS) is 12.0. The third-order valence-corrected chi connectivity index (χ3v) is 7.10. The Hall–Kier alpha value is 0.0569. The van der Waals surface area contributed by atoms with Crippen LogP contribution >= 0.6 is 0 Å². The molecule has 0 unspecified atom stereocenters. The lowest BCUT2D eigenvalue weighted by molar-refractivity contribution is -0.0313. The summed E-state index contributed by atoms with van der Waals surface area (Å²) in [5, 5.41) is 0. The maximum Gasteiger partial charge on any atom is 0.679 e. The third kappa shape index (κ3) is 16.7. The van der Waals surface area contributed by atoms with E-state index >= 15 is 0 Å². The van der Waals surface area contributed by atoms with Gasteiger partial charge in [-0.05, 0) is 26.7 Å². The predicted molar refractivity (Wildman–Crippen MR) is 117 cm³/mol. The Kier molecular flexibility index (Phi) is 20.8. The first-order valence-electron chi connectivity index (χ1n) is 11.8. The average molecular weight is 405 g/mol. The molecule has 0 aliphatic heterocycles. The fraction of sp³-hybridized carbons (Fsp3) is 1.00. The Bertz CT molecular complexity index is 261. The first-order valence-corrected chi connectivity index (χ1v) is 13.4. The van der Waals surface area contributed by atoms with Crippen molar-refractivity contribution < 1.29 is 17.7 Å². The molecule has 0 bridgehead atoms. The summed E-state index contributed by atoms with van der Waals surface area (Å²) in [6.07, 6.45) is 17.8. The molecule has 0 aromatic carbocycles. The van der Waals surface area contributed by atoms with E-state index in [1.165, 1.54) is 77.0 Å². The van der Waals surface area contributed by atoms with Crippen molar-refractivity contribution in [3.05, 3.63) is 0 Å². The maximum atomic E-state index is 6.07. The van der Waals surface area contributed by atoms with Crippen LogP contribution in [0, 0.1) is 0 Å². The Balaban J connectivity index is 4.01. The number of rotatable bonds is 22. The van der Waals surface area contributed by atoms with E-state index < -0.39 is 9.05 Å². The van der Waals surface area contributed by atoms with Crippen molar-refractivity contribution >= 4 is 9.05 Å². The van der Waals surface area contributed by atoms with E-state index in [0.717, 1.165) is 12.8 Å². The Morgan fingerprint density at radius 2 is 0.741 bits per heavy atom. The monoisotopic (exact) mass is 404 g/mol. The molecular formula is C22H48O4Si. The lowest BCUT2D eigenvalue weighted by Crippen LogP contribution is -2.49. The molecule has 0 atom stereocenters. The number of unbranched alkanes of at least 4 members (excludes halogenated alkanes) is 12. The molecule has 27 heavy (non-hydrogen) atoms.